The number of benzene rings is 1. The minimum Gasteiger partial charge on any atom is -0.343 e. The molecule has 170 valence electrons. The van der Waals surface area contributed by atoms with Gasteiger partial charge in [-0.15, -0.1) is 0 Å². The summed E-state index contributed by atoms with van der Waals surface area (Å²) in [6, 6.07) is 5.54. The van der Waals surface area contributed by atoms with Gasteiger partial charge in [0.2, 0.25) is 11.8 Å². The Hall–Kier alpha value is -2.41. The quantitative estimate of drug-likeness (QED) is 0.775. The lowest BCUT2D eigenvalue weighted by Crippen LogP contribution is -2.54. The molecule has 2 aliphatic rings. The van der Waals surface area contributed by atoms with Gasteiger partial charge in [-0.2, -0.15) is 0 Å². The minimum absolute atomic E-state index is 0.00571. The Labute approximate surface area is 185 Å². The predicted octanol–water partition coefficient (Wildman–Crippen LogP) is 1.68. The number of piperazine rings is 1. The van der Waals surface area contributed by atoms with Crippen molar-refractivity contribution in [2.24, 2.45) is 11.8 Å². The number of carbonyl (C=O) groups excluding carboxylic acids is 3. The molecule has 0 aliphatic carbocycles. The van der Waals surface area contributed by atoms with Gasteiger partial charge in [0, 0.05) is 44.8 Å². The molecule has 1 aromatic rings. The van der Waals surface area contributed by atoms with Gasteiger partial charge in [-0.1, -0.05) is 19.9 Å². The molecule has 2 atom stereocenters. The molecule has 2 heterocycles. The number of hydrogen-bond acceptors (Lipinski definition) is 4. The number of likely N-dealkylation sites (tertiary alicyclic amines) is 1. The summed E-state index contributed by atoms with van der Waals surface area (Å²) >= 11 is 0. The Balaban J connectivity index is 1.40. The second-order valence-electron chi connectivity index (χ2n) is 9.38. The smallest absolute Gasteiger partial charge is 0.251 e. The van der Waals surface area contributed by atoms with Crippen LogP contribution in [0.1, 0.15) is 41.8 Å². The molecule has 3 amide bonds. The van der Waals surface area contributed by atoms with E-state index in [4.69, 9.17) is 0 Å². The standard InChI is InChI=1S/C24H36N4O3/c1-17-11-18(2)15-28(14-17)23(30)16-26-7-9-27(10-8-26)22(29)13-25-24(31)21-6-5-19(3)20(4)12-21/h5-6,12,17-18H,7-11,13-16H2,1-4H3,(H,25,31). The number of carbonyl (C=O) groups is 3. The average molecular weight is 429 g/mol. The maximum atomic E-state index is 12.7. The summed E-state index contributed by atoms with van der Waals surface area (Å²) in [5.41, 5.74) is 2.76. The van der Waals surface area contributed by atoms with E-state index in [9.17, 15) is 14.4 Å². The van der Waals surface area contributed by atoms with Gasteiger partial charge in [0.1, 0.15) is 0 Å². The monoisotopic (exact) mass is 428 g/mol. The van der Waals surface area contributed by atoms with Gasteiger partial charge >= 0.3 is 0 Å². The summed E-state index contributed by atoms with van der Waals surface area (Å²) < 4.78 is 0. The van der Waals surface area contributed by atoms with Crippen molar-refractivity contribution in [3.63, 3.8) is 0 Å². The minimum atomic E-state index is -0.231. The lowest BCUT2D eigenvalue weighted by Gasteiger charge is -2.38. The first-order chi connectivity index (χ1) is 14.7. The third kappa shape index (κ3) is 6.29. The number of aryl methyl sites for hydroxylation is 2. The van der Waals surface area contributed by atoms with E-state index in [-0.39, 0.29) is 24.3 Å². The second kappa shape index (κ2) is 10.3. The van der Waals surface area contributed by atoms with Crippen molar-refractivity contribution in [2.75, 3.05) is 52.4 Å². The molecule has 0 aromatic heterocycles. The van der Waals surface area contributed by atoms with Crippen molar-refractivity contribution in [2.45, 2.75) is 34.1 Å². The topological polar surface area (TPSA) is 73.0 Å². The van der Waals surface area contributed by atoms with Crippen LogP contribution in [0.15, 0.2) is 18.2 Å². The summed E-state index contributed by atoms with van der Waals surface area (Å²) in [7, 11) is 0. The van der Waals surface area contributed by atoms with Crippen LogP contribution in [-0.4, -0.2) is 84.8 Å². The summed E-state index contributed by atoms with van der Waals surface area (Å²) in [6.45, 7) is 13.0. The third-order valence-corrected chi connectivity index (χ3v) is 6.47. The van der Waals surface area contributed by atoms with Crippen LogP contribution in [-0.2, 0) is 9.59 Å². The molecule has 3 rings (SSSR count). The third-order valence-electron chi connectivity index (χ3n) is 6.47. The molecule has 1 N–H and O–H groups in total. The zero-order valence-corrected chi connectivity index (χ0v) is 19.3. The normalized spacial score (nSPS) is 22.3. The zero-order chi connectivity index (χ0) is 22.5. The Morgan fingerprint density at radius 1 is 0.903 bits per heavy atom. The fourth-order valence-corrected chi connectivity index (χ4v) is 4.57. The van der Waals surface area contributed by atoms with Crippen molar-refractivity contribution < 1.29 is 14.4 Å². The first-order valence-corrected chi connectivity index (χ1v) is 11.4. The average Bonchev–Trinajstić information content (AvgIpc) is 2.73. The van der Waals surface area contributed by atoms with E-state index in [1.807, 2.05) is 30.9 Å². The first-order valence-electron chi connectivity index (χ1n) is 11.4. The lowest BCUT2D eigenvalue weighted by atomic mass is 9.92. The molecular weight excluding hydrogens is 392 g/mol. The van der Waals surface area contributed by atoms with Gasteiger partial charge in [-0.25, -0.2) is 0 Å². The molecule has 2 aliphatic heterocycles. The molecule has 0 spiro atoms. The highest BCUT2D eigenvalue weighted by atomic mass is 16.2. The summed E-state index contributed by atoms with van der Waals surface area (Å²) in [6.07, 6.45) is 1.19. The van der Waals surface area contributed by atoms with Crippen molar-refractivity contribution in [1.82, 2.24) is 20.0 Å². The zero-order valence-electron chi connectivity index (χ0n) is 19.3. The molecule has 0 bridgehead atoms. The highest BCUT2D eigenvalue weighted by Crippen LogP contribution is 2.21. The van der Waals surface area contributed by atoms with Gasteiger partial charge < -0.3 is 15.1 Å². The van der Waals surface area contributed by atoms with Crippen LogP contribution in [0.5, 0.6) is 0 Å². The number of hydrogen-bond donors (Lipinski definition) is 1. The SMILES string of the molecule is Cc1ccc(C(=O)NCC(=O)N2CCN(CC(=O)N3CC(C)CC(C)C3)CC2)cc1C. The Kier molecular flexibility index (Phi) is 7.70. The van der Waals surface area contributed by atoms with Gasteiger partial charge in [0.15, 0.2) is 0 Å². The van der Waals surface area contributed by atoms with Crippen molar-refractivity contribution in [3.8, 4) is 0 Å². The largest absolute Gasteiger partial charge is 0.343 e. The molecule has 31 heavy (non-hydrogen) atoms. The van der Waals surface area contributed by atoms with Crippen LogP contribution < -0.4 is 5.32 Å². The molecule has 0 radical (unpaired) electrons. The maximum Gasteiger partial charge on any atom is 0.251 e. The van der Waals surface area contributed by atoms with E-state index in [0.29, 0.717) is 50.1 Å². The first kappa shape index (κ1) is 23.3. The Morgan fingerprint density at radius 3 is 2.16 bits per heavy atom. The van der Waals surface area contributed by atoms with Crippen LogP contribution in [0, 0.1) is 25.7 Å². The summed E-state index contributed by atoms with van der Waals surface area (Å²) in [5.74, 6) is 0.994. The van der Waals surface area contributed by atoms with Crippen LogP contribution >= 0.6 is 0 Å². The number of nitrogens with zero attached hydrogens (tertiary/aromatic N) is 3. The molecule has 7 nitrogen and oxygen atoms in total. The van der Waals surface area contributed by atoms with E-state index in [1.54, 1.807) is 11.0 Å². The summed E-state index contributed by atoms with van der Waals surface area (Å²) in [4.78, 5) is 43.4. The molecule has 2 fully saturated rings. The van der Waals surface area contributed by atoms with Crippen molar-refractivity contribution in [1.29, 1.82) is 0 Å². The van der Waals surface area contributed by atoms with Crippen LogP contribution in [0.25, 0.3) is 0 Å². The van der Waals surface area contributed by atoms with E-state index >= 15 is 0 Å². The number of nitrogens with one attached hydrogen (secondary N) is 1. The van der Waals surface area contributed by atoms with Gasteiger partial charge in [0.05, 0.1) is 13.1 Å². The van der Waals surface area contributed by atoms with E-state index in [0.717, 1.165) is 24.2 Å². The molecule has 7 heteroatoms. The van der Waals surface area contributed by atoms with E-state index in [2.05, 4.69) is 24.1 Å². The van der Waals surface area contributed by atoms with Gasteiger partial charge in [-0.05, 0) is 55.4 Å². The predicted molar refractivity (Wildman–Crippen MR) is 121 cm³/mol. The molecule has 0 saturated carbocycles. The molecular formula is C24H36N4O3. The van der Waals surface area contributed by atoms with Crippen LogP contribution in [0.3, 0.4) is 0 Å². The van der Waals surface area contributed by atoms with Crippen LogP contribution in [0.2, 0.25) is 0 Å². The fourth-order valence-electron chi connectivity index (χ4n) is 4.57. The number of rotatable bonds is 5. The fraction of sp³-hybridized carbons (Fsp3) is 0.625. The van der Waals surface area contributed by atoms with E-state index in [1.165, 1.54) is 6.42 Å². The molecule has 2 saturated heterocycles. The van der Waals surface area contributed by atoms with Gasteiger partial charge in [-0.3, -0.25) is 19.3 Å². The maximum absolute atomic E-state index is 12.7. The Morgan fingerprint density at radius 2 is 1.55 bits per heavy atom. The summed E-state index contributed by atoms with van der Waals surface area (Å²) in [5, 5.41) is 2.73. The second-order valence-corrected chi connectivity index (χ2v) is 9.38. The van der Waals surface area contributed by atoms with Crippen LogP contribution in [0.4, 0.5) is 0 Å². The highest BCUT2D eigenvalue weighted by molar-refractivity contribution is 5.96. The highest BCUT2D eigenvalue weighted by Gasteiger charge is 2.28. The van der Waals surface area contributed by atoms with Crippen molar-refractivity contribution in [3.05, 3.63) is 34.9 Å². The molecule has 1 aromatic carbocycles. The Bertz CT molecular complexity index is 807. The van der Waals surface area contributed by atoms with Gasteiger partial charge in [0.25, 0.3) is 5.91 Å². The molecule has 2 unspecified atom stereocenters. The van der Waals surface area contributed by atoms with E-state index < -0.39 is 0 Å². The number of amides is 3. The van der Waals surface area contributed by atoms with Crippen molar-refractivity contribution >= 4 is 17.7 Å². The number of piperidine rings is 1. The lowest BCUT2D eigenvalue weighted by molar-refractivity contribution is -0.136.